The number of carbonyl (C=O) groups excluding carboxylic acids is 1. The van der Waals surface area contributed by atoms with Crippen LogP contribution in [0.4, 0.5) is 5.69 Å². The highest BCUT2D eigenvalue weighted by Crippen LogP contribution is 2.19. The lowest BCUT2D eigenvalue weighted by molar-refractivity contribution is 0.0756. The van der Waals surface area contributed by atoms with Gasteiger partial charge >= 0.3 is 0 Å². The second kappa shape index (κ2) is 8.02. The molecule has 1 amide bonds. The van der Waals surface area contributed by atoms with Crippen LogP contribution in [0.25, 0.3) is 0 Å². The van der Waals surface area contributed by atoms with Crippen LogP contribution in [-0.4, -0.2) is 38.1 Å². The van der Waals surface area contributed by atoms with E-state index in [1.807, 2.05) is 13.8 Å². The third kappa shape index (κ3) is 5.04. The Hall–Kier alpha value is -1.56. The van der Waals surface area contributed by atoms with Gasteiger partial charge in [-0.1, -0.05) is 26.0 Å². The van der Waals surface area contributed by atoms with E-state index in [1.165, 1.54) is 0 Å². The molecule has 0 heterocycles. The van der Waals surface area contributed by atoms with Gasteiger partial charge in [0.1, 0.15) is 0 Å². The van der Waals surface area contributed by atoms with Gasteiger partial charge in [0, 0.05) is 13.1 Å². The van der Waals surface area contributed by atoms with Gasteiger partial charge in [-0.15, -0.1) is 0 Å². The van der Waals surface area contributed by atoms with Crippen LogP contribution in [0.3, 0.4) is 0 Å². The van der Waals surface area contributed by atoms with Crippen molar-refractivity contribution in [3.8, 4) is 0 Å². The number of carbonyl (C=O) groups is 1. The van der Waals surface area contributed by atoms with E-state index in [0.717, 1.165) is 12.8 Å². The molecule has 1 N–H and O–H groups in total. The molecule has 0 spiro atoms. The average Bonchev–Trinajstić information content (AvgIpc) is 2.46. The molecule has 1 aromatic rings. The van der Waals surface area contributed by atoms with Gasteiger partial charge < -0.3 is 4.90 Å². The summed E-state index contributed by atoms with van der Waals surface area (Å²) in [5.74, 6) is -0.156. The van der Waals surface area contributed by atoms with Gasteiger partial charge in [-0.25, -0.2) is 8.42 Å². The highest BCUT2D eigenvalue weighted by Gasteiger charge is 2.19. The van der Waals surface area contributed by atoms with E-state index in [0.29, 0.717) is 24.3 Å². The normalized spacial score (nSPS) is 11.2. The molecule has 0 saturated heterocycles. The van der Waals surface area contributed by atoms with Crippen molar-refractivity contribution in [2.45, 2.75) is 33.6 Å². The Bertz CT molecular complexity index is 564. The quantitative estimate of drug-likeness (QED) is 0.802. The van der Waals surface area contributed by atoms with Gasteiger partial charge in [-0.3, -0.25) is 9.52 Å². The Morgan fingerprint density at radius 3 is 2.19 bits per heavy atom. The van der Waals surface area contributed by atoms with Gasteiger partial charge in [0.15, 0.2) is 0 Å². The molecule has 0 atom stereocenters. The molecular formula is C15H24N2O3S. The molecule has 1 aromatic carbocycles. The Kier molecular flexibility index (Phi) is 6.68. The molecule has 118 valence electrons. The molecule has 0 saturated carbocycles. The zero-order valence-electron chi connectivity index (χ0n) is 12.9. The third-order valence-corrected chi connectivity index (χ3v) is 4.37. The summed E-state index contributed by atoms with van der Waals surface area (Å²) >= 11 is 0. The van der Waals surface area contributed by atoms with Crippen LogP contribution in [0.5, 0.6) is 0 Å². The topological polar surface area (TPSA) is 66.5 Å². The number of anilines is 1. The van der Waals surface area contributed by atoms with Crippen LogP contribution in [0, 0.1) is 0 Å². The molecule has 0 bridgehead atoms. The maximum absolute atomic E-state index is 12.6. The standard InChI is InChI=1S/C15H24N2O3S/c1-4-11-17(12-5-2)15(18)13-9-7-8-10-14(13)16-21(19,20)6-3/h7-10,16H,4-6,11-12H2,1-3H3. The summed E-state index contributed by atoms with van der Waals surface area (Å²) in [5, 5.41) is 0. The molecule has 0 aliphatic carbocycles. The van der Waals surface area contributed by atoms with Gasteiger partial charge in [-0.2, -0.15) is 0 Å². The van der Waals surface area contributed by atoms with Crippen LogP contribution in [-0.2, 0) is 10.0 Å². The zero-order chi connectivity index (χ0) is 15.9. The molecular weight excluding hydrogens is 288 g/mol. The predicted octanol–water partition coefficient (Wildman–Crippen LogP) is 2.71. The zero-order valence-corrected chi connectivity index (χ0v) is 13.7. The molecule has 1 rings (SSSR count). The summed E-state index contributed by atoms with van der Waals surface area (Å²) in [7, 11) is -3.40. The minimum atomic E-state index is -3.40. The van der Waals surface area contributed by atoms with Crippen LogP contribution in [0.1, 0.15) is 44.0 Å². The minimum Gasteiger partial charge on any atom is -0.339 e. The first-order chi connectivity index (χ1) is 9.95. The van der Waals surface area contributed by atoms with Crippen molar-refractivity contribution >= 4 is 21.6 Å². The van der Waals surface area contributed by atoms with E-state index in [2.05, 4.69) is 4.72 Å². The molecule has 21 heavy (non-hydrogen) atoms. The monoisotopic (exact) mass is 312 g/mol. The number of nitrogens with zero attached hydrogens (tertiary/aromatic N) is 1. The highest BCUT2D eigenvalue weighted by atomic mass is 32.2. The van der Waals surface area contributed by atoms with Crippen molar-refractivity contribution in [1.29, 1.82) is 0 Å². The summed E-state index contributed by atoms with van der Waals surface area (Å²) in [6.07, 6.45) is 1.74. The Morgan fingerprint density at radius 1 is 1.10 bits per heavy atom. The number of rotatable bonds is 8. The number of para-hydroxylation sites is 1. The maximum Gasteiger partial charge on any atom is 0.255 e. The van der Waals surface area contributed by atoms with Crippen LogP contribution < -0.4 is 4.72 Å². The lowest BCUT2D eigenvalue weighted by Crippen LogP contribution is -2.33. The van der Waals surface area contributed by atoms with E-state index < -0.39 is 10.0 Å². The van der Waals surface area contributed by atoms with Crippen molar-refractivity contribution in [1.82, 2.24) is 4.90 Å². The summed E-state index contributed by atoms with van der Waals surface area (Å²) in [6.45, 7) is 6.93. The number of benzene rings is 1. The molecule has 0 unspecified atom stereocenters. The summed E-state index contributed by atoms with van der Waals surface area (Å²) < 4.78 is 25.9. The smallest absolute Gasteiger partial charge is 0.255 e. The van der Waals surface area contributed by atoms with Gasteiger partial charge in [-0.05, 0) is 31.9 Å². The van der Waals surface area contributed by atoms with E-state index in [1.54, 1.807) is 36.1 Å². The fourth-order valence-corrected chi connectivity index (χ4v) is 2.68. The molecule has 0 fully saturated rings. The number of sulfonamides is 1. The Balaban J connectivity index is 3.09. The summed E-state index contributed by atoms with van der Waals surface area (Å²) in [5.41, 5.74) is 0.748. The fourth-order valence-electron chi connectivity index (χ4n) is 2.02. The van der Waals surface area contributed by atoms with Crippen molar-refractivity contribution in [2.75, 3.05) is 23.6 Å². The van der Waals surface area contributed by atoms with Gasteiger partial charge in [0.2, 0.25) is 10.0 Å². The molecule has 0 aromatic heterocycles. The molecule has 0 aliphatic heterocycles. The largest absolute Gasteiger partial charge is 0.339 e. The molecule has 0 radical (unpaired) electrons. The summed E-state index contributed by atoms with van der Waals surface area (Å²) in [4.78, 5) is 14.4. The third-order valence-electron chi connectivity index (χ3n) is 3.08. The van der Waals surface area contributed by atoms with E-state index >= 15 is 0 Å². The fraction of sp³-hybridized carbons (Fsp3) is 0.533. The molecule has 5 nitrogen and oxygen atoms in total. The SMILES string of the molecule is CCCN(CCC)C(=O)c1ccccc1NS(=O)(=O)CC. The van der Waals surface area contributed by atoms with Gasteiger partial charge in [0.05, 0.1) is 17.0 Å². The first kappa shape index (κ1) is 17.5. The maximum atomic E-state index is 12.6. The number of hydrogen-bond acceptors (Lipinski definition) is 3. The first-order valence-corrected chi connectivity index (χ1v) is 8.99. The lowest BCUT2D eigenvalue weighted by Gasteiger charge is -2.23. The van der Waals surface area contributed by atoms with Crippen LogP contribution >= 0.6 is 0 Å². The first-order valence-electron chi connectivity index (χ1n) is 7.33. The van der Waals surface area contributed by atoms with E-state index in [4.69, 9.17) is 0 Å². The predicted molar refractivity (Wildman–Crippen MR) is 86.0 cm³/mol. The highest BCUT2D eigenvalue weighted by molar-refractivity contribution is 7.92. The van der Waals surface area contributed by atoms with Crippen molar-refractivity contribution in [2.24, 2.45) is 0 Å². The van der Waals surface area contributed by atoms with Crippen molar-refractivity contribution in [3.05, 3.63) is 29.8 Å². The van der Waals surface area contributed by atoms with Crippen LogP contribution in [0.15, 0.2) is 24.3 Å². The lowest BCUT2D eigenvalue weighted by atomic mass is 10.1. The second-order valence-electron chi connectivity index (χ2n) is 4.84. The van der Waals surface area contributed by atoms with E-state index in [9.17, 15) is 13.2 Å². The van der Waals surface area contributed by atoms with Gasteiger partial charge in [0.25, 0.3) is 5.91 Å². The van der Waals surface area contributed by atoms with Crippen molar-refractivity contribution < 1.29 is 13.2 Å². The second-order valence-corrected chi connectivity index (χ2v) is 6.85. The number of nitrogens with one attached hydrogen (secondary N) is 1. The molecule has 6 heteroatoms. The van der Waals surface area contributed by atoms with Crippen LogP contribution in [0.2, 0.25) is 0 Å². The Morgan fingerprint density at radius 2 is 1.67 bits per heavy atom. The molecule has 0 aliphatic rings. The van der Waals surface area contributed by atoms with Crippen molar-refractivity contribution in [3.63, 3.8) is 0 Å². The Labute approximate surface area is 127 Å². The number of amides is 1. The number of hydrogen-bond donors (Lipinski definition) is 1. The average molecular weight is 312 g/mol. The minimum absolute atomic E-state index is 0.0246. The van der Waals surface area contributed by atoms with E-state index in [-0.39, 0.29) is 11.7 Å². The summed E-state index contributed by atoms with van der Waals surface area (Å²) in [6, 6.07) is 6.74.